The molecule has 0 amide bonds. The third kappa shape index (κ3) is 1.99. The number of nitrogens with zero attached hydrogens (tertiary/aromatic N) is 1. The summed E-state index contributed by atoms with van der Waals surface area (Å²) in [6.45, 7) is 1.51. The van der Waals surface area contributed by atoms with Gasteiger partial charge in [0.05, 0.1) is 5.69 Å². The molecule has 3 nitrogen and oxygen atoms in total. The fraction of sp³-hybridized carbons (Fsp3) is 0.300. The lowest BCUT2D eigenvalue weighted by molar-refractivity contribution is 0.101. The summed E-state index contributed by atoms with van der Waals surface area (Å²) in [5.41, 5.74) is 1.27. The Labute approximate surface area is 77.6 Å². The van der Waals surface area contributed by atoms with Crippen LogP contribution in [0.1, 0.15) is 17.3 Å². The van der Waals surface area contributed by atoms with Crippen LogP contribution >= 0.6 is 0 Å². The highest BCUT2D eigenvalue weighted by Crippen LogP contribution is 2.26. The fourth-order valence-corrected chi connectivity index (χ4v) is 1.10. The van der Waals surface area contributed by atoms with Crippen LogP contribution < -0.4 is 4.90 Å². The van der Waals surface area contributed by atoms with Crippen molar-refractivity contribution in [3.05, 3.63) is 23.8 Å². The number of carbonyl (C=O) groups is 1. The molecule has 1 aromatic rings. The maximum atomic E-state index is 11.0. The highest BCUT2D eigenvalue weighted by molar-refractivity contribution is 5.95. The molecular weight excluding hydrogens is 166 g/mol. The molecule has 0 bridgehead atoms. The number of phenolic OH excluding ortho intramolecular Hbond substituents is 1. The summed E-state index contributed by atoms with van der Waals surface area (Å²) in [6.07, 6.45) is 0. The summed E-state index contributed by atoms with van der Waals surface area (Å²) in [7, 11) is 3.64. The van der Waals surface area contributed by atoms with Gasteiger partial charge in [0.1, 0.15) is 5.75 Å². The minimum Gasteiger partial charge on any atom is -0.506 e. The molecule has 0 heterocycles. The molecule has 0 saturated heterocycles. The lowest BCUT2D eigenvalue weighted by atomic mass is 10.1. The van der Waals surface area contributed by atoms with E-state index in [-0.39, 0.29) is 11.5 Å². The van der Waals surface area contributed by atoms with Crippen molar-refractivity contribution >= 4 is 11.5 Å². The van der Waals surface area contributed by atoms with Crippen LogP contribution in [0.5, 0.6) is 5.75 Å². The van der Waals surface area contributed by atoms with Crippen LogP contribution in [0, 0.1) is 0 Å². The largest absolute Gasteiger partial charge is 0.506 e. The van der Waals surface area contributed by atoms with Gasteiger partial charge in [-0.15, -0.1) is 0 Å². The topological polar surface area (TPSA) is 40.5 Å². The Morgan fingerprint density at radius 3 is 2.46 bits per heavy atom. The lowest BCUT2D eigenvalue weighted by Crippen LogP contribution is -2.09. The van der Waals surface area contributed by atoms with E-state index in [1.165, 1.54) is 13.0 Å². The van der Waals surface area contributed by atoms with E-state index >= 15 is 0 Å². The van der Waals surface area contributed by atoms with Gasteiger partial charge in [0.15, 0.2) is 5.78 Å². The molecule has 0 aromatic heterocycles. The molecule has 0 radical (unpaired) electrons. The molecule has 0 atom stereocenters. The highest BCUT2D eigenvalue weighted by atomic mass is 16.3. The Kier molecular flexibility index (Phi) is 2.56. The maximum absolute atomic E-state index is 11.0. The SMILES string of the molecule is CC(=O)c1ccc(O)c(N(C)C)c1. The number of carbonyl (C=O) groups excluding carboxylic acids is 1. The number of anilines is 1. The van der Waals surface area contributed by atoms with Gasteiger partial charge in [0, 0.05) is 19.7 Å². The Bertz CT molecular complexity index is 332. The molecule has 0 aliphatic heterocycles. The predicted octanol–water partition coefficient (Wildman–Crippen LogP) is 1.66. The van der Waals surface area contributed by atoms with Crippen LogP contribution in [0.25, 0.3) is 0 Å². The third-order valence-electron chi connectivity index (χ3n) is 1.86. The second kappa shape index (κ2) is 3.47. The Morgan fingerprint density at radius 2 is 2.00 bits per heavy atom. The van der Waals surface area contributed by atoms with Crippen molar-refractivity contribution < 1.29 is 9.90 Å². The number of rotatable bonds is 2. The van der Waals surface area contributed by atoms with E-state index in [1.807, 2.05) is 14.1 Å². The summed E-state index contributed by atoms with van der Waals surface area (Å²) < 4.78 is 0. The van der Waals surface area contributed by atoms with E-state index in [0.717, 1.165) is 0 Å². The average molecular weight is 179 g/mol. The molecule has 0 unspecified atom stereocenters. The molecule has 1 rings (SSSR count). The molecule has 0 saturated carbocycles. The summed E-state index contributed by atoms with van der Waals surface area (Å²) in [5, 5.41) is 9.43. The molecular formula is C10H13NO2. The Morgan fingerprint density at radius 1 is 1.38 bits per heavy atom. The van der Waals surface area contributed by atoms with Gasteiger partial charge < -0.3 is 10.0 Å². The van der Waals surface area contributed by atoms with Gasteiger partial charge in [-0.05, 0) is 25.1 Å². The summed E-state index contributed by atoms with van der Waals surface area (Å²) in [6, 6.07) is 4.83. The van der Waals surface area contributed by atoms with E-state index in [9.17, 15) is 9.90 Å². The molecule has 3 heteroatoms. The van der Waals surface area contributed by atoms with Crippen molar-refractivity contribution in [3.63, 3.8) is 0 Å². The van der Waals surface area contributed by atoms with Gasteiger partial charge in [0.25, 0.3) is 0 Å². The maximum Gasteiger partial charge on any atom is 0.159 e. The predicted molar refractivity (Wildman–Crippen MR) is 52.4 cm³/mol. The van der Waals surface area contributed by atoms with Crippen LogP contribution in [-0.4, -0.2) is 25.0 Å². The average Bonchev–Trinajstić information content (AvgIpc) is 2.04. The second-order valence-corrected chi connectivity index (χ2v) is 3.15. The Balaban J connectivity index is 3.19. The zero-order valence-corrected chi connectivity index (χ0v) is 8.03. The van der Waals surface area contributed by atoms with E-state index < -0.39 is 0 Å². The number of aromatic hydroxyl groups is 1. The summed E-state index contributed by atoms with van der Waals surface area (Å²) in [5.74, 6) is 0.193. The molecule has 0 aliphatic rings. The van der Waals surface area contributed by atoms with Gasteiger partial charge in [-0.1, -0.05) is 0 Å². The normalized spacial score (nSPS) is 9.77. The minimum atomic E-state index is 0.00287. The number of ketones is 1. The van der Waals surface area contributed by atoms with Crippen LogP contribution in [0.4, 0.5) is 5.69 Å². The quantitative estimate of drug-likeness (QED) is 0.702. The zero-order valence-electron chi connectivity index (χ0n) is 8.03. The number of hydrogen-bond acceptors (Lipinski definition) is 3. The third-order valence-corrected chi connectivity index (χ3v) is 1.86. The Hall–Kier alpha value is -1.51. The van der Waals surface area contributed by atoms with Crippen molar-refractivity contribution in [2.75, 3.05) is 19.0 Å². The summed E-state index contributed by atoms with van der Waals surface area (Å²) >= 11 is 0. The molecule has 13 heavy (non-hydrogen) atoms. The first-order valence-electron chi connectivity index (χ1n) is 4.03. The van der Waals surface area contributed by atoms with Crippen molar-refractivity contribution in [3.8, 4) is 5.75 Å². The first kappa shape index (κ1) is 9.58. The monoisotopic (exact) mass is 179 g/mol. The van der Waals surface area contributed by atoms with E-state index in [4.69, 9.17) is 0 Å². The molecule has 0 aliphatic carbocycles. The second-order valence-electron chi connectivity index (χ2n) is 3.15. The smallest absolute Gasteiger partial charge is 0.159 e. The van der Waals surface area contributed by atoms with E-state index in [1.54, 1.807) is 17.0 Å². The van der Waals surface area contributed by atoms with Crippen molar-refractivity contribution in [1.82, 2.24) is 0 Å². The van der Waals surface area contributed by atoms with Crippen LogP contribution in [0.2, 0.25) is 0 Å². The van der Waals surface area contributed by atoms with Gasteiger partial charge in [-0.25, -0.2) is 0 Å². The molecule has 70 valence electrons. The number of hydrogen-bond donors (Lipinski definition) is 1. The van der Waals surface area contributed by atoms with Crippen LogP contribution in [-0.2, 0) is 0 Å². The van der Waals surface area contributed by atoms with Gasteiger partial charge in [-0.3, -0.25) is 4.79 Å². The molecule has 1 aromatic carbocycles. The van der Waals surface area contributed by atoms with Gasteiger partial charge >= 0.3 is 0 Å². The van der Waals surface area contributed by atoms with Crippen molar-refractivity contribution in [1.29, 1.82) is 0 Å². The first-order chi connectivity index (χ1) is 6.02. The highest BCUT2D eigenvalue weighted by Gasteiger charge is 2.06. The molecule has 0 fully saturated rings. The lowest BCUT2D eigenvalue weighted by Gasteiger charge is -2.14. The molecule has 1 N–H and O–H groups in total. The number of Topliss-reactive ketones (excluding diaryl/α,β-unsaturated/α-hetero) is 1. The van der Waals surface area contributed by atoms with Crippen molar-refractivity contribution in [2.24, 2.45) is 0 Å². The minimum absolute atomic E-state index is 0.00287. The van der Waals surface area contributed by atoms with E-state index in [0.29, 0.717) is 11.3 Å². The number of benzene rings is 1. The summed E-state index contributed by atoms with van der Waals surface area (Å²) in [4.78, 5) is 12.8. The fourth-order valence-electron chi connectivity index (χ4n) is 1.10. The van der Waals surface area contributed by atoms with Crippen molar-refractivity contribution in [2.45, 2.75) is 6.92 Å². The molecule has 0 spiro atoms. The van der Waals surface area contributed by atoms with Gasteiger partial charge in [-0.2, -0.15) is 0 Å². The number of phenols is 1. The first-order valence-corrected chi connectivity index (χ1v) is 4.03. The van der Waals surface area contributed by atoms with E-state index in [2.05, 4.69) is 0 Å². The standard InChI is InChI=1S/C10H13NO2/c1-7(12)8-4-5-10(13)9(6-8)11(2)3/h4-6,13H,1-3H3. The van der Waals surface area contributed by atoms with Crippen LogP contribution in [0.3, 0.4) is 0 Å². The van der Waals surface area contributed by atoms with Gasteiger partial charge in [0.2, 0.25) is 0 Å². The zero-order chi connectivity index (χ0) is 10.0. The van der Waals surface area contributed by atoms with Crippen LogP contribution in [0.15, 0.2) is 18.2 Å².